The third-order valence-electron chi connectivity index (χ3n) is 3.60. The van der Waals surface area contributed by atoms with Crippen LogP contribution in [-0.2, 0) is 4.79 Å². The van der Waals surface area contributed by atoms with Crippen molar-refractivity contribution in [2.24, 2.45) is 0 Å². The molecule has 4 heteroatoms. The average molecular weight is 288 g/mol. The molecule has 0 radical (unpaired) electrons. The number of hydrogen-bond donors (Lipinski definition) is 2. The van der Waals surface area contributed by atoms with Crippen LogP contribution in [0.1, 0.15) is 45.1 Å². The highest BCUT2D eigenvalue weighted by molar-refractivity contribution is 5.83. The van der Waals surface area contributed by atoms with Crippen molar-refractivity contribution in [2.45, 2.75) is 52.7 Å². The van der Waals surface area contributed by atoms with Crippen LogP contribution in [0, 0.1) is 6.92 Å². The summed E-state index contributed by atoms with van der Waals surface area (Å²) in [4.78, 5) is 12.0. The first-order valence-electron chi connectivity index (χ1n) is 7.44. The summed E-state index contributed by atoms with van der Waals surface area (Å²) in [7, 11) is 0. The Morgan fingerprint density at radius 3 is 2.43 bits per heavy atom. The van der Waals surface area contributed by atoms with Crippen LogP contribution in [-0.4, -0.2) is 18.0 Å². The van der Waals surface area contributed by atoms with E-state index in [4.69, 9.17) is 4.42 Å². The van der Waals surface area contributed by atoms with Crippen molar-refractivity contribution in [1.29, 1.82) is 0 Å². The fourth-order valence-corrected chi connectivity index (χ4v) is 2.54. The molecule has 1 amide bonds. The number of amides is 1. The molecule has 2 N–H and O–H groups in total. The number of aryl methyl sites for hydroxylation is 1. The zero-order chi connectivity index (χ0) is 15.6. The van der Waals surface area contributed by atoms with Crippen LogP contribution in [0.5, 0.6) is 0 Å². The Hall–Kier alpha value is -1.81. The van der Waals surface area contributed by atoms with Crippen LogP contribution in [0.25, 0.3) is 11.0 Å². The predicted molar refractivity (Wildman–Crippen MR) is 85.2 cm³/mol. The molecule has 2 aromatic rings. The van der Waals surface area contributed by atoms with Crippen LogP contribution in [0.4, 0.5) is 0 Å². The van der Waals surface area contributed by atoms with E-state index in [2.05, 4.69) is 23.6 Å². The van der Waals surface area contributed by atoms with Crippen LogP contribution in [0.15, 0.2) is 28.7 Å². The molecule has 2 rings (SSSR count). The second-order valence-corrected chi connectivity index (χ2v) is 5.86. The molecular formula is C17H24N2O2. The van der Waals surface area contributed by atoms with E-state index < -0.39 is 0 Å². The summed E-state index contributed by atoms with van der Waals surface area (Å²) in [6, 6.07) is 7.84. The van der Waals surface area contributed by atoms with Crippen LogP contribution in [0.3, 0.4) is 0 Å². The molecule has 0 aliphatic heterocycles. The van der Waals surface area contributed by atoms with E-state index in [9.17, 15) is 4.79 Å². The van der Waals surface area contributed by atoms with Gasteiger partial charge in [0.25, 0.3) is 0 Å². The van der Waals surface area contributed by atoms with Gasteiger partial charge in [0, 0.05) is 11.4 Å². The number of benzene rings is 1. The standard InChI is InChI=1S/C17H24N2O2/c1-10(2)18-17(20)13(5)19-12(4)16-11(3)14-8-6-7-9-15(14)21-16/h6-10,12-13,19H,1-5H3,(H,18,20). The summed E-state index contributed by atoms with van der Waals surface area (Å²) >= 11 is 0. The van der Waals surface area contributed by atoms with E-state index in [-0.39, 0.29) is 24.0 Å². The quantitative estimate of drug-likeness (QED) is 0.887. The lowest BCUT2D eigenvalue weighted by Gasteiger charge is -2.20. The molecule has 21 heavy (non-hydrogen) atoms. The highest BCUT2D eigenvalue weighted by Crippen LogP contribution is 2.29. The van der Waals surface area contributed by atoms with Crippen molar-refractivity contribution in [1.82, 2.24) is 10.6 Å². The number of rotatable bonds is 5. The highest BCUT2D eigenvalue weighted by atomic mass is 16.3. The Bertz CT molecular complexity index is 631. The SMILES string of the molecule is Cc1c(C(C)NC(C)C(=O)NC(C)C)oc2ccccc12. The Kier molecular flexibility index (Phi) is 4.68. The Balaban J connectivity index is 2.13. The van der Waals surface area contributed by atoms with Crippen LogP contribution < -0.4 is 10.6 Å². The van der Waals surface area contributed by atoms with Crippen molar-refractivity contribution < 1.29 is 9.21 Å². The van der Waals surface area contributed by atoms with E-state index in [0.717, 1.165) is 22.3 Å². The summed E-state index contributed by atoms with van der Waals surface area (Å²) in [6.07, 6.45) is 0. The maximum atomic E-state index is 12.0. The summed E-state index contributed by atoms with van der Waals surface area (Å²) in [5.41, 5.74) is 2.01. The maximum Gasteiger partial charge on any atom is 0.237 e. The number of carbonyl (C=O) groups is 1. The highest BCUT2D eigenvalue weighted by Gasteiger charge is 2.21. The smallest absolute Gasteiger partial charge is 0.237 e. The summed E-state index contributed by atoms with van der Waals surface area (Å²) in [5, 5.41) is 7.33. The molecule has 0 spiro atoms. The molecule has 1 aromatic carbocycles. The number of carbonyl (C=O) groups excluding carboxylic acids is 1. The average Bonchev–Trinajstić information content (AvgIpc) is 2.76. The molecule has 0 saturated carbocycles. The topological polar surface area (TPSA) is 54.3 Å². The first-order chi connectivity index (χ1) is 9.90. The second kappa shape index (κ2) is 6.31. The normalized spacial score (nSPS) is 14.4. The van der Waals surface area contributed by atoms with Gasteiger partial charge in [0.2, 0.25) is 5.91 Å². The molecule has 0 aliphatic rings. The van der Waals surface area contributed by atoms with Gasteiger partial charge in [0.1, 0.15) is 11.3 Å². The number of fused-ring (bicyclic) bond motifs is 1. The number of furan rings is 1. The fourth-order valence-electron chi connectivity index (χ4n) is 2.54. The third-order valence-corrected chi connectivity index (χ3v) is 3.60. The molecule has 2 unspecified atom stereocenters. The Labute approximate surface area is 125 Å². The van der Waals surface area contributed by atoms with E-state index in [1.165, 1.54) is 0 Å². The number of nitrogens with one attached hydrogen (secondary N) is 2. The largest absolute Gasteiger partial charge is 0.459 e. The monoisotopic (exact) mass is 288 g/mol. The van der Waals surface area contributed by atoms with Gasteiger partial charge >= 0.3 is 0 Å². The molecule has 0 fully saturated rings. The molecule has 114 valence electrons. The molecule has 0 bridgehead atoms. The van der Waals surface area contributed by atoms with E-state index in [1.54, 1.807) is 0 Å². The van der Waals surface area contributed by atoms with Crippen LogP contribution in [0.2, 0.25) is 0 Å². The zero-order valence-corrected chi connectivity index (χ0v) is 13.4. The van der Waals surface area contributed by atoms with Crippen molar-refractivity contribution in [2.75, 3.05) is 0 Å². The van der Waals surface area contributed by atoms with Crippen LogP contribution >= 0.6 is 0 Å². The molecule has 0 saturated heterocycles. The molecule has 4 nitrogen and oxygen atoms in total. The van der Waals surface area contributed by atoms with Gasteiger partial charge in [-0.3, -0.25) is 10.1 Å². The van der Waals surface area contributed by atoms with Crippen molar-refractivity contribution in [3.63, 3.8) is 0 Å². The fraction of sp³-hybridized carbons (Fsp3) is 0.471. The zero-order valence-electron chi connectivity index (χ0n) is 13.4. The Morgan fingerprint density at radius 1 is 1.14 bits per heavy atom. The lowest BCUT2D eigenvalue weighted by atomic mass is 10.1. The van der Waals surface area contributed by atoms with Crippen molar-refractivity contribution >= 4 is 16.9 Å². The molecule has 1 heterocycles. The van der Waals surface area contributed by atoms with Gasteiger partial charge in [-0.2, -0.15) is 0 Å². The van der Waals surface area contributed by atoms with Gasteiger partial charge in [0.05, 0.1) is 12.1 Å². The van der Waals surface area contributed by atoms with E-state index in [1.807, 2.05) is 45.9 Å². The summed E-state index contributed by atoms with van der Waals surface area (Å²) in [6.45, 7) is 9.85. The first kappa shape index (κ1) is 15.6. The molecule has 1 aromatic heterocycles. The predicted octanol–water partition coefficient (Wildman–Crippen LogP) is 3.30. The van der Waals surface area contributed by atoms with Crippen molar-refractivity contribution in [3.05, 3.63) is 35.6 Å². The lowest BCUT2D eigenvalue weighted by molar-refractivity contribution is -0.123. The van der Waals surface area contributed by atoms with Gasteiger partial charge in [0.15, 0.2) is 0 Å². The van der Waals surface area contributed by atoms with E-state index >= 15 is 0 Å². The first-order valence-corrected chi connectivity index (χ1v) is 7.44. The minimum absolute atomic E-state index is 0.00520. The molecule has 2 atom stereocenters. The van der Waals surface area contributed by atoms with Gasteiger partial charge in [-0.15, -0.1) is 0 Å². The Morgan fingerprint density at radius 2 is 1.81 bits per heavy atom. The third kappa shape index (κ3) is 3.45. The minimum atomic E-state index is -0.269. The number of para-hydroxylation sites is 1. The molecular weight excluding hydrogens is 264 g/mol. The van der Waals surface area contributed by atoms with Gasteiger partial charge in [-0.1, -0.05) is 18.2 Å². The maximum absolute atomic E-state index is 12.0. The second-order valence-electron chi connectivity index (χ2n) is 5.86. The van der Waals surface area contributed by atoms with Gasteiger partial charge in [-0.25, -0.2) is 0 Å². The van der Waals surface area contributed by atoms with E-state index in [0.29, 0.717) is 0 Å². The summed E-state index contributed by atoms with van der Waals surface area (Å²) in [5.74, 6) is 0.894. The van der Waals surface area contributed by atoms with Gasteiger partial charge in [-0.05, 0) is 46.2 Å². The van der Waals surface area contributed by atoms with Crippen molar-refractivity contribution in [3.8, 4) is 0 Å². The minimum Gasteiger partial charge on any atom is -0.459 e. The summed E-state index contributed by atoms with van der Waals surface area (Å²) < 4.78 is 5.93. The number of hydrogen-bond acceptors (Lipinski definition) is 3. The van der Waals surface area contributed by atoms with Gasteiger partial charge < -0.3 is 9.73 Å². The lowest BCUT2D eigenvalue weighted by Crippen LogP contribution is -2.45. The molecule has 0 aliphatic carbocycles.